The number of methoxy groups -OCH3 is 1. The normalized spacial score (nSPS) is 14.9. The molecule has 0 radical (unpaired) electrons. The molecule has 1 fully saturated rings. The maximum absolute atomic E-state index is 5.87. The van der Waals surface area contributed by atoms with Crippen molar-refractivity contribution in [2.45, 2.75) is 44.6 Å². The molecule has 25 heavy (non-hydrogen) atoms. The van der Waals surface area contributed by atoms with Gasteiger partial charge in [0.15, 0.2) is 5.96 Å². The molecule has 6 heteroatoms. The number of ether oxygens (including phenoxy) is 2. The van der Waals surface area contributed by atoms with Gasteiger partial charge in [0, 0.05) is 26.7 Å². The van der Waals surface area contributed by atoms with E-state index in [4.69, 9.17) is 9.47 Å². The van der Waals surface area contributed by atoms with E-state index in [0.717, 1.165) is 44.2 Å². The predicted molar refractivity (Wildman–Crippen MR) is 114 cm³/mol. The highest BCUT2D eigenvalue weighted by molar-refractivity contribution is 14.0. The molecule has 0 aromatic heterocycles. The molecule has 1 saturated carbocycles. The highest BCUT2D eigenvalue weighted by Crippen LogP contribution is 2.20. The van der Waals surface area contributed by atoms with Gasteiger partial charge in [-0.1, -0.05) is 25.0 Å². The first-order valence-corrected chi connectivity index (χ1v) is 9.01. The molecule has 0 aliphatic heterocycles. The average molecular weight is 461 g/mol. The predicted octanol–water partition coefficient (Wildman–Crippen LogP) is 3.37. The van der Waals surface area contributed by atoms with Crippen molar-refractivity contribution in [2.24, 2.45) is 4.99 Å². The molecule has 0 saturated heterocycles. The standard InChI is InChI=1S/C19H31N3O2.HI/c1-20-19(21-13-5-15-24-18-6-3-4-7-18)22-14-12-16-8-10-17(23-2)11-9-16;/h8-11,18H,3-7,12-15H2,1-2H3,(H2,20,21,22);1H. The molecule has 1 aliphatic rings. The Balaban J connectivity index is 0.00000312. The Morgan fingerprint density at radius 2 is 1.80 bits per heavy atom. The highest BCUT2D eigenvalue weighted by atomic mass is 127. The number of rotatable bonds is 9. The van der Waals surface area contributed by atoms with E-state index in [0.29, 0.717) is 6.10 Å². The van der Waals surface area contributed by atoms with E-state index >= 15 is 0 Å². The number of aliphatic imine (C=N–C) groups is 1. The third kappa shape index (κ3) is 8.76. The number of guanidine groups is 1. The number of hydrogen-bond donors (Lipinski definition) is 2. The van der Waals surface area contributed by atoms with Crippen LogP contribution in [-0.4, -0.2) is 45.9 Å². The number of halogens is 1. The lowest BCUT2D eigenvalue weighted by Crippen LogP contribution is -2.39. The summed E-state index contributed by atoms with van der Waals surface area (Å²) in [7, 11) is 3.49. The number of benzene rings is 1. The Labute approximate surface area is 169 Å². The Hall–Kier alpha value is -1.02. The summed E-state index contributed by atoms with van der Waals surface area (Å²) in [6, 6.07) is 8.17. The number of nitrogens with zero attached hydrogens (tertiary/aromatic N) is 1. The Morgan fingerprint density at radius 3 is 2.44 bits per heavy atom. The SMILES string of the molecule is CN=C(NCCCOC1CCCC1)NCCc1ccc(OC)cc1.I. The molecule has 1 aliphatic carbocycles. The Kier molecular flexibility index (Phi) is 11.6. The summed E-state index contributed by atoms with van der Waals surface area (Å²) in [5, 5.41) is 6.68. The largest absolute Gasteiger partial charge is 0.497 e. The zero-order valence-electron chi connectivity index (χ0n) is 15.4. The molecular formula is C19H32IN3O2. The lowest BCUT2D eigenvalue weighted by Gasteiger charge is -2.13. The van der Waals surface area contributed by atoms with Crippen LogP contribution in [0.15, 0.2) is 29.3 Å². The quantitative estimate of drug-likeness (QED) is 0.256. The third-order valence-corrected chi connectivity index (χ3v) is 4.36. The van der Waals surface area contributed by atoms with E-state index in [9.17, 15) is 0 Å². The van der Waals surface area contributed by atoms with Gasteiger partial charge in [-0.15, -0.1) is 24.0 Å². The molecule has 0 heterocycles. The second-order valence-electron chi connectivity index (χ2n) is 6.15. The molecule has 0 amide bonds. The van der Waals surface area contributed by atoms with Gasteiger partial charge >= 0.3 is 0 Å². The molecular weight excluding hydrogens is 429 g/mol. The maximum Gasteiger partial charge on any atom is 0.190 e. The summed E-state index contributed by atoms with van der Waals surface area (Å²) in [5.74, 6) is 1.74. The summed E-state index contributed by atoms with van der Waals surface area (Å²) >= 11 is 0. The van der Waals surface area contributed by atoms with Crippen LogP contribution >= 0.6 is 24.0 Å². The fourth-order valence-corrected chi connectivity index (χ4v) is 2.92. The van der Waals surface area contributed by atoms with Gasteiger partial charge in [-0.25, -0.2) is 0 Å². The van der Waals surface area contributed by atoms with Crippen molar-refractivity contribution in [3.05, 3.63) is 29.8 Å². The van der Waals surface area contributed by atoms with E-state index < -0.39 is 0 Å². The van der Waals surface area contributed by atoms with Crippen LogP contribution in [0.3, 0.4) is 0 Å². The Morgan fingerprint density at radius 1 is 1.12 bits per heavy atom. The van der Waals surface area contributed by atoms with Crippen LogP contribution in [0.4, 0.5) is 0 Å². The summed E-state index contributed by atoms with van der Waals surface area (Å²) in [6.07, 6.45) is 7.60. The summed E-state index contributed by atoms with van der Waals surface area (Å²) in [6.45, 7) is 2.57. The smallest absolute Gasteiger partial charge is 0.190 e. The van der Waals surface area contributed by atoms with Crippen LogP contribution in [0.5, 0.6) is 5.75 Å². The van der Waals surface area contributed by atoms with Gasteiger partial charge in [0.05, 0.1) is 13.2 Å². The van der Waals surface area contributed by atoms with Crippen LogP contribution in [-0.2, 0) is 11.2 Å². The molecule has 1 aromatic carbocycles. The maximum atomic E-state index is 5.87. The Bertz CT molecular complexity index is 488. The minimum Gasteiger partial charge on any atom is -0.497 e. The van der Waals surface area contributed by atoms with Gasteiger partial charge in [-0.05, 0) is 43.4 Å². The van der Waals surface area contributed by atoms with Crippen molar-refractivity contribution in [3.8, 4) is 5.75 Å². The van der Waals surface area contributed by atoms with Crippen LogP contribution in [0.25, 0.3) is 0 Å². The zero-order valence-corrected chi connectivity index (χ0v) is 17.8. The minimum atomic E-state index is 0. The van der Waals surface area contributed by atoms with Crippen molar-refractivity contribution in [3.63, 3.8) is 0 Å². The van der Waals surface area contributed by atoms with Crippen LogP contribution in [0.1, 0.15) is 37.7 Å². The first-order chi connectivity index (χ1) is 11.8. The van der Waals surface area contributed by atoms with E-state index in [1.165, 1.54) is 31.2 Å². The van der Waals surface area contributed by atoms with E-state index in [2.05, 4.69) is 27.8 Å². The van der Waals surface area contributed by atoms with Gasteiger partial charge in [0.1, 0.15) is 5.75 Å². The van der Waals surface area contributed by atoms with Crippen LogP contribution < -0.4 is 15.4 Å². The van der Waals surface area contributed by atoms with E-state index in [1.54, 1.807) is 14.2 Å². The summed E-state index contributed by atoms with van der Waals surface area (Å²) in [5.41, 5.74) is 1.28. The minimum absolute atomic E-state index is 0. The second-order valence-corrected chi connectivity index (χ2v) is 6.15. The molecule has 2 rings (SSSR count). The molecule has 142 valence electrons. The van der Waals surface area contributed by atoms with Gasteiger partial charge in [-0.3, -0.25) is 4.99 Å². The number of nitrogens with one attached hydrogen (secondary N) is 2. The van der Waals surface area contributed by atoms with Crippen molar-refractivity contribution in [2.75, 3.05) is 33.9 Å². The van der Waals surface area contributed by atoms with Crippen molar-refractivity contribution >= 4 is 29.9 Å². The molecule has 0 spiro atoms. The topological polar surface area (TPSA) is 54.9 Å². The van der Waals surface area contributed by atoms with Crippen molar-refractivity contribution in [1.82, 2.24) is 10.6 Å². The fraction of sp³-hybridized carbons (Fsp3) is 0.632. The van der Waals surface area contributed by atoms with Gasteiger partial charge in [-0.2, -0.15) is 0 Å². The average Bonchev–Trinajstić information content (AvgIpc) is 3.14. The highest BCUT2D eigenvalue weighted by Gasteiger charge is 2.14. The monoisotopic (exact) mass is 461 g/mol. The lowest BCUT2D eigenvalue weighted by molar-refractivity contribution is 0.0574. The van der Waals surface area contributed by atoms with E-state index in [1.807, 2.05) is 12.1 Å². The van der Waals surface area contributed by atoms with Gasteiger partial charge in [0.25, 0.3) is 0 Å². The van der Waals surface area contributed by atoms with Gasteiger partial charge in [0.2, 0.25) is 0 Å². The van der Waals surface area contributed by atoms with Gasteiger partial charge < -0.3 is 20.1 Å². The van der Waals surface area contributed by atoms with Crippen LogP contribution in [0.2, 0.25) is 0 Å². The number of hydrogen-bond acceptors (Lipinski definition) is 3. The molecule has 0 unspecified atom stereocenters. The van der Waals surface area contributed by atoms with E-state index in [-0.39, 0.29) is 24.0 Å². The molecule has 0 atom stereocenters. The lowest BCUT2D eigenvalue weighted by atomic mass is 10.1. The second kappa shape index (κ2) is 13.2. The molecule has 5 nitrogen and oxygen atoms in total. The molecule has 0 bridgehead atoms. The summed E-state index contributed by atoms with van der Waals surface area (Å²) in [4.78, 5) is 4.26. The van der Waals surface area contributed by atoms with Crippen molar-refractivity contribution < 1.29 is 9.47 Å². The first-order valence-electron chi connectivity index (χ1n) is 9.01. The van der Waals surface area contributed by atoms with Crippen molar-refractivity contribution in [1.29, 1.82) is 0 Å². The molecule has 2 N–H and O–H groups in total. The van der Waals surface area contributed by atoms with Crippen LogP contribution in [0, 0.1) is 0 Å². The zero-order chi connectivity index (χ0) is 17.0. The molecule has 1 aromatic rings. The third-order valence-electron chi connectivity index (χ3n) is 4.36. The fourth-order valence-electron chi connectivity index (χ4n) is 2.92. The summed E-state index contributed by atoms with van der Waals surface area (Å²) < 4.78 is 11.0. The first kappa shape index (κ1) is 22.0.